The monoisotopic (exact) mass is 318 g/mol. The van der Waals surface area contributed by atoms with Crippen molar-refractivity contribution in [1.29, 1.82) is 0 Å². The molecule has 0 spiro atoms. The second-order valence-corrected chi connectivity index (χ2v) is 6.24. The third-order valence-corrected chi connectivity index (χ3v) is 4.63. The van der Waals surface area contributed by atoms with Crippen molar-refractivity contribution in [2.75, 3.05) is 6.54 Å². The van der Waals surface area contributed by atoms with Crippen LogP contribution < -0.4 is 0 Å². The average Bonchev–Trinajstić information content (AvgIpc) is 3.14. The van der Waals surface area contributed by atoms with Crippen molar-refractivity contribution in [1.82, 2.24) is 19.9 Å². The molecule has 1 atom stereocenters. The summed E-state index contributed by atoms with van der Waals surface area (Å²) in [5, 5.41) is 8.34. The number of nitrogens with zero attached hydrogens (tertiary/aromatic N) is 4. The van der Waals surface area contributed by atoms with Gasteiger partial charge in [0.2, 0.25) is 0 Å². The smallest absolute Gasteiger partial charge is 0.255 e. The predicted octanol–water partition coefficient (Wildman–Crippen LogP) is 2.85. The van der Waals surface area contributed by atoms with Gasteiger partial charge in [0.05, 0.1) is 29.4 Å². The molecule has 2 heterocycles. The van der Waals surface area contributed by atoms with Gasteiger partial charge < -0.3 is 4.90 Å². The molecule has 0 unspecified atom stereocenters. The van der Waals surface area contributed by atoms with E-state index in [1.165, 1.54) is 0 Å². The molecule has 1 amide bonds. The number of hydrogen-bond acceptors (Lipinski definition) is 3. The van der Waals surface area contributed by atoms with E-state index in [-0.39, 0.29) is 11.9 Å². The molecule has 1 aliphatic heterocycles. The van der Waals surface area contributed by atoms with Crippen molar-refractivity contribution < 1.29 is 4.79 Å². The summed E-state index contributed by atoms with van der Waals surface area (Å²) in [6.07, 6.45) is 5.47. The highest BCUT2D eigenvalue weighted by Gasteiger charge is 2.31. The number of carbonyl (C=O) groups excluding carboxylic acids is 1. The molecule has 1 fully saturated rings. The van der Waals surface area contributed by atoms with E-state index in [1.54, 1.807) is 10.9 Å². The molecule has 1 saturated heterocycles. The SMILES string of the molecule is Cc1cc(Cl)c(C(=O)N2CCC[C@H]2Cn2ccnn2)cc1C. The summed E-state index contributed by atoms with van der Waals surface area (Å²) in [5.74, 6) is 0.00992. The molecule has 3 rings (SSSR count). The topological polar surface area (TPSA) is 51.0 Å². The van der Waals surface area contributed by atoms with Crippen LogP contribution >= 0.6 is 11.6 Å². The molecule has 0 N–H and O–H groups in total. The summed E-state index contributed by atoms with van der Waals surface area (Å²) in [5.41, 5.74) is 2.78. The van der Waals surface area contributed by atoms with Crippen molar-refractivity contribution in [3.05, 3.63) is 46.2 Å². The Morgan fingerprint density at radius 2 is 2.14 bits per heavy atom. The zero-order valence-corrected chi connectivity index (χ0v) is 13.5. The molecule has 116 valence electrons. The standard InChI is InChI=1S/C16H19ClN4O/c1-11-8-14(15(17)9-12(11)2)16(22)21-6-3-4-13(21)10-20-7-5-18-19-20/h5,7-9,13H,3-4,6,10H2,1-2H3/t13-/m0/s1. The largest absolute Gasteiger partial charge is 0.334 e. The highest BCUT2D eigenvalue weighted by molar-refractivity contribution is 6.34. The molecular weight excluding hydrogens is 300 g/mol. The van der Waals surface area contributed by atoms with Crippen molar-refractivity contribution in [2.24, 2.45) is 0 Å². The van der Waals surface area contributed by atoms with Gasteiger partial charge in [-0.05, 0) is 49.9 Å². The van der Waals surface area contributed by atoms with Crippen LogP contribution in [0, 0.1) is 13.8 Å². The van der Waals surface area contributed by atoms with Gasteiger partial charge in [-0.25, -0.2) is 0 Å². The maximum absolute atomic E-state index is 12.9. The minimum Gasteiger partial charge on any atom is -0.334 e. The highest BCUT2D eigenvalue weighted by atomic mass is 35.5. The summed E-state index contributed by atoms with van der Waals surface area (Å²) in [6, 6.07) is 3.91. The minimum absolute atomic E-state index is 0.00992. The van der Waals surface area contributed by atoms with Gasteiger partial charge in [0, 0.05) is 12.7 Å². The average molecular weight is 319 g/mol. The fraction of sp³-hybridized carbons (Fsp3) is 0.438. The number of amides is 1. The summed E-state index contributed by atoms with van der Waals surface area (Å²) >= 11 is 6.29. The Hall–Kier alpha value is -1.88. The molecule has 0 radical (unpaired) electrons. The van der Waals surface area contributed by atoms with Gasteiger partial charge in [-0.1, -0.05) is 16.8 Å². The maximum Gasteiger partial charge on any atom is 0.255 e. The number of aromatic nitrogens is 3. The van der Waals surface area contributed by atoms with Crippen LogP contribution in [0.25, 0.3) is 0 Å². The fourth-order valence-electron chi connectivity index (χ4n) is 2.94. The second-order valence-electron chi connectivity index (χ2n) is 5.84. The Morgan fingerprint density at radius 1 is 1.36 bits per heavy atom. The van der Waals surface area contributed by atoms with Crippen molar-refractivity contribution in [3.8, 4) is 0 Å². The quantitative estimate of drug-likeness (QED) is 0.874. The fourth-order valence-corrected chi connectivity index (χ4v) is 3.24. The summed E-state index contributed by atoms with van der Waals surface area (Å²) in [6.45, 7) is 5.44. The van der Waals surface area contributed by atoms with E-state index in [9.17, 15) is 4.79 Å². The van der Waals surface area contributed by atoms with Gasteiger partial charge in [0.15, 0.2) is 0 Å². The van der Waals surface area contributed by atoms with Crippen molar-refractivity contribution in [2.45, 2.75) is 39.3 Å². The zero-order valence-electron chi connectivity index (χ0n) is 12.8. The lowest BCUT2D eigenvalue weighted by atomic mass is 10.0. The lowest BCUT2D eigenvalue weighted by Gasteiger charge is -2.25. The molecule has 0 bridgehead atoms. The molecule has 5 nitrogen and oxygen atoms in total. The Labute approximate surface area is 134 Å². The first kappa shape index (κ1) is 15.0. The van der Waals surface area contributed by atoms with E-state index >= 15 is 0 Å². The molecule has 2 aromatic rings. The van der Waals surface area contributed by atoms with Crippen LogP contribution in [0.4, 0.5) is 0 Å². The molecule has 1 aromatic heterocycles. The second kappa shape index (κ2) is 6.08. The van der Waals surface area contributed by atoms with Crippen LogP contribution in [-0.2, 0) is 6.54 Å². The van der Waals surface area contributed by atoms with Gasteiger partial charge in [0.25, 0.3) is 5.91 Å². The number of hydrogen-bond donors (Lipinski definition) is 0. The Kier molecular flexibility index (Phi) is 4.16. The third-order valence-electron chi connectivity index (χ3n) is 4.32. The van der Waals surface area contributed by atoms with E-state index in [0.717, 1.165) is 30.5 Å². The summed E-state index contributed by atoms with van der Waals surface area (Å²) < 4.78 is 1.78. The minimum atomic E-state index is 0.00992. The van der Waals surface area contributed by atoms with E-state index in [2.05, 4.69) is 10.3 Å². The van der Waals surface area contributed by atoms with Crippen LogP contribution in [0.5, 0.6) is 0 Å². The van der Waals surface area contributed by atoms with Crippen LogP contribution in [0.15, 0.2) is 24.5 Å². The van der Waals surface area contributed by atoms with E-state index in [1.807, 2.05) is 37.1 Å². The third kappa shape index (κ3) is 2.86. The van der Waals surface area contributed by atoms with Crippen molar-refractivity contribution in [3.63, 3.8) is 0 Å². The molecule has 1 aliphatic rings. The van der Waals surface area contributed by atoms with Crippen LogP contribution in [0.2, 0.25) is 5.02 Å². The van der Waals surface area contributed by atoms with Crippen LogP contribution in [0.1, 0.15) is 34.3 Å². The zero-order chi connectivity index (χ0) is 15.7. The van der Waals surface area contributed by atoms with E-state index in [4.69, 9.17) is 11.6 Å². The Morgan fingerprint density at radius 3 is 2.86 bits per heavy atom. The Bertz CT molecular complexity index is 684. The van der Waals surface area contributed by atoms with Crippen LogP contribution in [0.3, 0.4) is 0 Å². The summed E-state index contributed by atoms with van der Waals surface area (Å²) in [4.78, 5) is 14.8. The van der Waals surface area contributed by atoms with Gasteiger partial charge in [0.1, 0.15) is 0 Å². The molecule has 6 heteroatoms. The van der Waals surface area contributed by atoms with Gasteiger partial charge >= 0.3 is 0 Å². The van der Waals surface area contributed by atoms with Crippen LogP contribution in [-0.4, -0.2) is 38.4 Å². The number of carbonyl (C=O) groups is 1. The first-order chi connectivity index (χ1) is 10.6. The van der Waals surface area contributed by atoms with E-state index in [0.29, 0.717) is 17.1 Å². The van der Waals surface area contributed by atoms with Gasteiger partial charge in [-0.15, -0.1) is 5.10 Å². The first-order valence-corrected chi connectivity index (χ1v) is 7.86. The number of likely N-dealkylation sites (tertiary alicyclic amines) is 1. The number of aryl methyl sites for hydroxylation is 2. The normalized spacial score (nSPS) is 18.0. The lowest BCUT2D eigenvalue weighted by Crippen LogP contribution is -2.38. The predicted molar refractivity (Wildman–Crippen MR) is 85.0 cm³/mol. The molecule has 0 saturated carbocycles. The number of halogens is 1. The Balaban J connectivity index is 1.83. The molecule has 22 heavy (non-hydrogen) atoms. The summed E-state index contributed by atoms with van der Waals surface area (Å²) in [7, 11) is 0. The first-order valence-electron chi connectivity index (χ1n) is 7.48. The van der Waals surface area contributed by atoms with Gasteiger partial charge in [-0.3, -0.25) is 9.48 Å². The maximum atomic E-state index is 12.9. The number of benzene rings is 1. The molecule has 1 aromatic carbocycles. The molecule has 0 aliphatic carbocycles. The number of rotatable bonds is 3. The van der Waals surface area contributed by atoms with Gasteiger partial charge in [-0.2, -0.15) is 0 Å². The molecular formula is C16H19ClN4O. The van der Waals surface area contributed by atoms with Crippen molar-refractivity contribution >= 4 is 17.5 Å². The highest BCUT2D eigenvalue weighted by Crippen LogP contribution is 2.26. The van der Waals surface area contributed by atoms with E-state index < -0.39 is 0 Å². The lowest BCUT2D eigenvalue weighted by molar-refractivity contribution is 0.0721.